The van der Waals surface area contributed by atoms with Crippen LogP contribution in [0.15, 0.2) is 47.8 Å². The third-order valence-corrected chi connectivity index (χ3v) is 3.85. The second-order valence-corrected chi connectivity index (χ2v) is 5.54. The average molecular weight is 291 g/mol. The molecule has 0 spiro atoms. The number of pyridine rings is 2. The van der Waals surface area contributed by atoms with Crippen LogP contribution in [-0.4, -0.2) is 14.4 Å². The molecular weight excluding hydrogens is 280 g/mol. The van der Waals surface area contributed by atoms with Gasteiger partial charge in [0.05, 0.1) is 10.7 Å². The van der Waals surface area contributed by atoms with Gasteiger partial charge in [-0.15, -0.1) is 11.8 Å². The van der Waals surface area contributed by atoms with Crippen LogP contribution in [0.2, 0.25) is 5.02 Å². The predicted octanol–water partition coefficient (Wildman–Crippen LogP) is 3.26. The lowest BCUT2D eigenvalue weighted by molar-refractivity contribution is 1.18. The van der Waals surface area contributed by atoms with Crippen molar-refractivity contribution in [3.63, 3.8) is 0 Å². The number of halogens is 1. The zero-order valence-electron chi connectivity index (χ0n) is 9.95. The maximum Gasteiger partial charge on any atom is 0.137 e. The van der Waals surface area contributed by atoms with Gasteiger partial charge in [-0.3, -0.25) is 0 Å². The van der Waals surface area contributed by atoms with E-state index in [1.54, 1.807) is 24.0 Å². The summed E-state index contributed by atoms with van der Waals surface area (Å²) in [5.41, 5.74) is 7.45. The summed E-state index contributed by atoms with van der Waals surface area (Å²) in [4.78, 5) is 9.66. The number of aromatic nitrogens is 3. The Bertz CT molecular complexity index is 708. The fraction of sp³-hybridized carbons (Fsp3) is 0.0769. The fourth-order valence-corrected chi connectivity index (χ4v) is 2.63. The van der Waals surface area contributed by atoms with E-state index in [0.29, 0.717) is 10.8 Å². The molecule has 0 aromatic carbocycles. The van der Waals surface area contributed by atoms with Crippen LogP contribution >= 0.6 is 23.4 Å². The van der Waals surface area contributed by atoms with Crippen LogP contribution in [0.25, 0.3) is 5.65 Å². The van der Waals surface area contributed by atoms with E-state index in [9.17, 15) is 0 Å². The molecule has 0 bridgehead atoms. The number of nitrogen functional groups attached to an aromatic ring is 1. The monoisotopic (exact) mass is 290 g/mol. The third-order valence-electron chi connectivity index (χ3n) is 2.61. The minimum Gasteiger partial charge on any atom is -0.384 e. The molecule has 0 fully saturated rings. The first-order chi connectivity index (χ1) is 9.20. The summed E-state index contributed by atoms with van der Waals surface area (Å²) < 4.78 is 1.93. The highest BCUT2D eigenvalue weighted by Gasteiger charge is 2.03. The molecule has 0 saturated carbocycles. The van der Waals surface area contributed by atoms with Gasteiger partial charge < -0.3 is 10.1 Å². The quantitative estimate of drug-likeness (QED) is 0.752. The zero-order chi connectivity index (χ0) is 13.2. The molecule has 4 nitrogen and oxygen atoms in total. The maximum atomic E-state index is 5.94. The normalized spacial score (nSPS) is 11.0. The number of nitrogens with zero attached hydrogens (tertiary/aromatic N) is 3. The van der Waals surface area contributed by atoms with Crippen LogP contribution in [0.3, 0.4) is 0 Å². The summed E-state index contributed by atoms with van der Waals surface area (Å²) in [6, 6.07) is 7.50. The van der Waals surface area contributed by atoms with Crippen molar-refractivity contribution in [1.29, 1.82) is 0 Å². The molecule has 0 aliphatic rings. The Hall–Kier alpha value is -1.72. The second kappa shape index (κ2) is 5.11. The number of anilines is 1. The number of fused-ring (bicyclic) bond motifs is 1. The molecule has 0 atom stereocenters. The van der Waals surface area contributed by atoms with Gasteiger partial charge in [-0.05, 0) is 24.3 Å². The van der Waals surface area contributed by atoms with Crippen LogP contribution in [0, 0.1) is 0 Å². The maximum absolute atomic E-state index is 5.94. The second-order valence-electron chi connectivity index (χ2n) is 4.05. The molecule has 2 N–H and O–H groups in total. The molecule has 0 aliphatic heterocycles. The molecule has 3 rings (SSSR count). The molecule has 3 heterocycles. The van der Waals surface area contributed by atoms with Crippen LogP contribution in [0.1, 0.15) is 5.69 Å². The SMILES string of the molecule is Nc1ccc(SCc2cn3cc(Cl)ccc3n2)cn1. The summed E-state index contributed by atoms with van der Waals surface area (Å²) in [5.74, 6) is 1.32. The van der Waals surface area contributed by atoms with Gasteiger partial charge in [0.15, 0.2) is 0 Å². The van der Waals surface area contributed by atoms with Gasteiger partial charge in [0, 0.05) is 29.2 Å². The van der Waals surface area contributed by atoms with Crippen LogP contribution in [0.5, 0.6) is 0 Å². The van der Waals surface area contributed by atoms with Crippen molar-refractivity contribution in [2.75, 3.05) is 5.73 Å². The van der Waals surface area contributed by atoms with Gasteiger partial charge in [-0.25, -0.2) is 9.97 Å². The molecular formula is C13H11ClN4S. The van der Waals surface area contributed by atoms with Gasteiger partial charge in [0.1, 0.15) is 11.5 Å². The lowest BCUT2D eigenvalue weighted by Crippen LogP contribution is -1.88. The highest BCUT2D eigenvalue weighted by molar-refractivity contribution is 7.98. The van der Waals surface area contributed by atoms with Crippen molar-refractivity contribution in [3.8, 4) is 0 Å². The zero-order valence-corrected chi connectivity index (χ0v) is 11.5. The number of rotatable bonds is 3. The Kier molecular flexibility index (Phi) is 3.31. The van der Waals surface area contributed by atoms with E-state index in [4.69, 9.17) is 17.3 Å². The summed E-state index contributed by atoms with van der Waals surface area (Å²) in [7, 11) is 0. The van der Waals surface area contributed by atoms with E-state index in [2.05, 4.69) is 9.97 Å². The Labute approximate surface area is 119 Å². The van der Waals surface area contributed by atoms with Crippen molar-refractivity contribution >= 4 is 34.8 Å². The first-order valence-corrected chi connectivity index (χ1v) is 7.04. The summed E-state index contributed by atoms with van der Waals surface area (Å²) in [6.07, 6.45) is 5.61. The van der Waals surface area contributed by atoms with E-state index in [-0.39, 0.29) is 0 Å². The Morgan fingerprint density at radius 1 is 1.21 bits per heavy atom. The van der Waals surface area contributed by atoms with Crippen molar-refractivity contribution in [1.82, 2.24) is 14.4 Å². The largest absolute Gasteiger partial charge is 0.384 e. The number of nitrogens with two attached hydrogens (primary N) is 1. The van der Waals surface area contributed by atoms with Crippen molar-refractivity contribution < 1.29 is 0 Å². The molecule has 3 aromatic heterocycles. The van der Waals surface area contributed by atoms with Gasteiger partial charge in [0.25, 0.3) is 0 Å². The summed E-state index contributed by atoms with van der Waals surface area (Å²) in [6.45, 7) is 0. The molecule has 0 aliphatic carbocycles. The number of hydrogen-bond acceptors (Lipinski definition) is 4. The first-order valence-electron chi connectivity index (χ1n) is 5.68. The minimum absolute atomic E-state index is 0.534. The van der Waals surface area contributed by atoms with E-state index in [0.717, 1.165) is 22.0 Å². The molecule has 0 saturated heterocycles. The molecule has 0 amide bonds. The van der Waals surface area contributed by atoms with E-state index in [1.165, 1.54) is 0 Å². The molecule has 19 heavy (non-hydrogen) atoms. The lowest BCUT2D eigenvalue weighted by atomic mass is 10.5. The molecule has 96 valence electrons. The smallest absolute Gasteiger partial charge is 0.137 e. The number of hydrogen-bond donors (Lipinski definition) is 1. The van der Waals surface area contributed by atoms with E-state index in [1.807, 2.05) is 35.0 Å². The van der Waals surface area contributed by atoms with Gasteiger partial charge >= 0.3 is 0 Å². The van der Waals surface area contributed by atoms with Crippen LogP contribution in [-0.2, 0) is 5.75 Å². The van der Waals surface area contributed by atoms with Crippen LogP contribution in [0.4, 0.5) is 5.82 Å². The Morgan fingerprint density at radius 3 is 2.89 bits per heavy atom. The number of thioether (sulfide) groups is 1. The predicted molar refractivity (Wildman–Crippen MR) is 78.4 cm³/mol. The van der Waals surface area contributed by atoms with Gasteiger partial charge in [-0.2, -0.15) is 0 Å². The minimum atomic E-state index is 0.534. The lowest BCUT2D eigenvalue weighted by Gasteiger charge is -1.98. The average Bonchev–Trinajstić information content (AvgIpc) is 2.80. The summed E-state index contributed by atoms with van der Waals surface area (Å²) >= 11 is 7.62. The van der Waals surface area contributed by atoms with Gasteiger partial charge in [0.2, 0.25) is 0 Å². The topological polar surface area (TPSA) is 56.2 Å². The van der Waals surface area contributed by atoms with Crippen molar-refractivity contribution in [2.45, 2.75) is 10.6 Å². The Morgan fingerprint density at radius 2 is 2.11 bits per heavy atom. The summed E-state index contributed by atoms with van der Waals surface area (Å²) in [5, 5.41) is 0.701. The van der Waals surface area contributed by atoms with Crippen molar-refractivity contribution in [2.24, 2.45) is 0 Å². The molecule has 3 aromatic rings. The highest BCUT2D eigenvalue weighted by Crippen LogP contribution is 2.22. The van der Waals surface area contributed by atoms with Crippen molar-refractivity contribution in [3.05, 3.63) is 53.6 Å². The van der Waals surface area contributed by atoms with Gasteiger partial charge in [-0.1, -0.05) is 11.6 Å². The highest BCUT2D eigenvalue weighted by atomic mass is 35.5. The molecule has 0 radical (unpaired) electrons. The van der Waals surface area contributed by atoms with E-state index < -0.39 is 0 Å². The Balaban J connectivity index is 1.76. The first kappa shape index (κ1) is 12.3. The molecule has 6 heteroatoms. The third kappa shape index (κ3) is 2.83. The number of imidazole rings is 1. The van der Waals surface area contributed by atoms with Crippen LogP contribution < -0.4 is 5.73 Å². The molecule has 0 unspecified atom stereocenters. The standard InChI is InChI=1S/C13H11ClN4S/c14-9-1-4-13-17-10(7-18(13)6-9)8-19-11-2-3-12(15)16-5-11/h1-7H,8H2,(H2,15,16). The van der Waals surface area contributed by atoms with E-state index >= 15 is 0 Å². The fourth-order valence-electron chi connectivity index (χ4n) is 1.72.